The number of aromatic amines is 1. The molecule has 3 atom stereocenters. The number of anilines is 1. The number of nitrogens with zero attached hydrogens (tertiary/aromatic N) is 7. The molecule has 6 rings (SSSR count). The lowest BCUT2D eigenvalue weighted by molar-refractivity contribution is 0.0556. The third kappa shape index (κ3) is 3.69. The maximum Gasteiger partial charge on any atom is 0.294 e. The molecule has 2 saturated heterocycles. The molecule has 4 aromatic heterocycles. The molecule has 2 amide bonds. The van der Waals surface area contributed by atoms with Gasteiger partial charge >= 0.3 is 0 Å². The Morgan fingerprint density at radius 3 is 2.47 bits per heavy atom. The highest BCUT2D eigenvalue weighted by Gasteiger charge is 2.46. The monoisotopic (exact) mass is 514 g/mol. The highest BCUT2D eigenvalue weighted by atomic mass is 16.2. The molecule has 4 N–H and O–H groups in total. The van der Waals surface area contributed by atoms with Crippen LogP contribution in [-0.4, -0.2) is 76.4 Å². The number of H-pyrrole nitrogens is 1. The van der Waals surface area contributed by atoms with Crippen LogP contribution in [0.5, 0.6) is 0 Å². The van der Waals surface area contributed by atoms with E-state index in [1.54, 1.807) is 31.6 Å². The van der Waals surface area contributed by atoms with Crippen LogP contribution in [0.3, 0.4) is 0 Å². The van der Waals surface area contributed by atoms with Crippen LogP contribution in [0.4, 0.5) is 5.82 Å². The van der Waals surface area contributed by atoms with E-state index in [1.165, 1.54) is 17.8 Å². The van der Waals surface area contributed by atoms with Gasteiger partial charge in [0.2, 0.25) is 5.82 Å². The van der Waals surface area contributed by atoms with Crippen LogP contribution in [-0.2, 0) is 0 Å². The van der Waals surface area contributed by atoms with Crippen LogP contribution in [0.1, 0.15) is 75.7 Å². The lowest BCUT2D eigenvalue weighted by atomic mass is 9.85. The number of carbonyl (C=O) groups is 3. The van der Waals surface area contributed by atoms with E-state index in [0.717, 1.165) is 12.8 Å². The van der Waals surface area contributed by atoms with Crippen LogP contribution in [0, 0.1) is 0 Å². The Balaban J connectivity index is 1.39. The van der Waals surface area contributed by atoms with Crippen molar-refractivity contribution in [2.45, 2.75) is 50.6 Å². The van der Waals surface area contributed by atoms with Gasteiger partial charge in [0.25, 0.3) is 11.8 Å². The number of hydrogen-bond donors (Lipinski definition) is 3. The predicted molar refractivity (Wildman–Crippen MR) is 135 cm³/mol. The number of nitrogen functional groups attached to an aromatic ring is 1. The van der Waals surface area contributed by atoms with Crippen LogP contribution in [0.2, 0.25) is 0 Å². The number of piperidine rings is 1. The molecule has 0 aliphatic carbocycles. The number of amides is 2. The predicted octanol–water partition coefficient (Wildman–Crippen LogP) is 1.60. The quantitative estimate of drug-likeness (QED) is 0.334. The molecule has 2 aliphatic rings. The van der Waals surface area contributed by atoms with Crippen molar-refractivity contribution in [1.29, 1.82) is 0 Å². The Bertz CT molecular complexity index is 1550. The summed E-state index contributed by atoms with van der Waals surface area (Å²) in [5.41, 5.74) is 9.69. The van der Waals surface area contributed by atoms with E-state index < -0.39 is 0 Å². The molecule has 0 radical (unpaired) electrons. The standard InChI is InChI=1S/C25H26N10O3/c1-12(36)19-20(14-7-15-4-5-16(8-14)34(15)25(38)22-29-11-30-33-22)32-23-17(10-31-35(23)21(19)26)13-3-6-18(28-9-13)24(37)27-2/h3,6,9-11,14-16H,4-5,7-8,26H2,1-2H3,(H,27,37)(H,29,30,33)/t14-,15+,16-. The fraction of sp³-hybridized carbons (Fsp3) is 0.360. The number of nitrogens with two attached hydrogens (primary N) is 1. The van der Waals surface area contributed by atoms with Gasteiger partial charge in [-0.05, 0) is 38.7 Å². The first-order valence-electron chi connectivity index (χ1n) is 12.4. The average Bonchev–Trinajstić information content (AvgIpc) is 3.66. The zero-order chi connectivity index (χ0) is 26.6. The van der Waals surface area contributed by atoms with Gasteiger partial charge in [-0.3, -0.25) is 24.5 Å². The molecule has 13 heteroatoms. The Kier molecular flexibility index (Phi) is 5.62. The third-order valence-electron chi connectivity index (χ3n) is 7.56. The number of hydrogen-bond acceptors (Lipinski definition) is 9. The summed E-state index contributed by atoms with van der Waals surface area (Å²) in [5.74, 6) is -0.329. The Labute approximate surface area is 216 Å². The molecule has 13 nitrogen and oxygen atoms in total. The van der Waals surface area contributed by atoms with E-state index in [-0.39, 0.29) is 47.2 Å². The van der Waals surface area contributed by atoms with Crippen molar-refractivity contribution >= 4 is 29.1 Å². The molecular formula is C25H26N10O3. The van der Waals surface area contributed by atoms with Crippen LogP contribution in [0.15, 0.2) is 30.9 Å². The number of carbonyl (C=O) groups excluding carboxylic acids is 3. The lowest BCUT2D eigenvalue weighted by Gasteiger charge is -2.38. The molecule has 2 bridgehead atoms. The second kappa shape index (κ2) is 9.01. The van der Waals surface area contributed by atoms with Gasteiger partial charge < -0.3 is 16.0 Å². The van der Waals surface area contributed by atoms with Gasteiger partial charge in [-0.1, -0.05) is 6.07 Å². The molecule has 2 fully saturated rings. The number of rotatable bonds is 5. The zero-order valence-electron chi connectivity index (χ0n) is 20.9. The summed E-state index contributed by atoms with van der Waals surface area (Å²) in [6.07, 6.45) is 7.66. The van der Waals surface area contributed by atoms with Gasteiger partial charge in [0, 0.05) is 42.4 Å². The van der Waals surface area contributed by atoms with Crippen molar-refractivity contribution < 1.29 is 14.4 Å². The minimum absolute atomic E-state index is 0.00496. The smallest absolute Gasteiger partial charge is 0.294 e. The number of ketones is 1. The molecular weight excluding hydrogens is 488 g/mol. The van der Waals surface area contributed by atoms with E-state index in [1.807, 2.05) is 4.90 Å². The summed E-state index contributed by atoms with van der Waals surface area (Å²) in [7, 11) is 1.55. The number of nitrogens with one attached hydrogen (secondary N) is 2. The summed E-state index contributed by atoms with van der Waals surface area (Å²) >= 11 is 0. The number of pyridine rings is 1. The molecule has 194 valence electrons. The van der Waals surface area contributed by atoms with E-state index in [0.29, 0.717) is 46.6 Å². The van der Waals surface area contributed by atoms with Gasteiger partial charge in [-0.15, -0.1) is 5.10 Å². The largest absolute Gasteiger partial charge is 0.383 e. The fourth-order valence-electron chi connectivity index (χ4n) is 5.87. The average molecular weight is 515 g/mol. The van der Waals surface area contributed by atoms with E-state index in [4.69, 9.17) is 10.7 Å². The molecule has 0 aromatic carbocycles. The van der Waals surface area contributed by atoms with Crippen LogP contribution in [0.25, 0.3) is 16.8 Å². The summed E-state index contributed by atoms with van der Waals surface area (Å²) in [6, 6.07) is 3.40. The van der Waals surface area contributed by atoms with Crippen molar-refractivity contribution in [3.8, 4) is 11.1 Å². The normalized spacial score (nSPS) is 20.6. The Morgan fingerprint density at radius 2 is 1.87 bits per heavy atom. The highest BCUT2D eigenvalue weighted by molar-refractivity contribution is 6.00. The van der Waals surface area contributed by atoms with Gasteiger partial charge in [0.1, 0.15) is 17.8 Å². The van der Waals surface area contributed by atoms with Gasteiger partial charge in [0.05, 0.1) is 17.5 Å². The lowest BCUT2D eigenvalue weighted by Crippen LogP contribution is -2.46. The first-order valence-corrected chi connectivity index (χ1v) is 12.4. The minimum Gasteiger partial charge on any atom is -0.383 e. The van der Waals surface area contributed by atoms with Gasteiger partial charge in [0.15, 0.2) is 11.4 Å². The topological polar surface area (TPSA) is 177 Å². The van der Waals surface area contributed by atoms with E-state index in [9.17, 15) is 14.4 Å². The van der Waals surface area contributed by atoms with E-state index in [2.05, 4.69) is 30.6 Å². The number of aromatic nitrogens is 7. The maximum absolute atomic E-state index is 13.1. The summed E-state index contributed by atoms with van der Waals surface area (Å²) in [4.78, 5) is 52.9. The van der Waals surface area contributed by atoms with Crippen molar-refractivity contribution in [2.75, 3.05) is 12.8 Å². The van der Waals surface area contributed by atoms with Crippen molar-refractivity contribution in [1.82, 2.24) is 45.0 Å². The fourth-order valence-corrected chi connectivity index (χ4v) is 5.87. The van der Waals surface area contributed by atoms with Crippen LogP contribution >= 0.6 is 0 Å². The first kappa shape index (κ1) is 23.7. The molecule has 0 spiro atoms. The van der Waals surface area contributed by atoms with Gasteiger partial charge in [-0.25, -0.2) is 9.97 Å². The summed E-state index contributed by atoms with van der Waals surface area (Å²) in [5, 5.41) is 13.5. The second-order valence-electron chi connectivity index (χ2n) is 9.71. The third-order valence-corrected chi connectivity index (χ3v) is 7.56. The van der Waals surface area contributed by atoms with Crippen LogP contribution < -0.4 is 11.1 Å². The molecule has 38 heavy (non-hydrogen) atoms. The first-order chi connectivity index (χ1) is 18.4. The zero-order valence-corrected chi connectivity index (χ0v) is 20.9. The molecule has 4 aromatic rings. The number of fused-ring (bicyclic) bond motifs is 3. The van der Waals surface area contributed by atoms with Crippen molar-refractivity contribution in [3.63, 3.8) is 0 Å². The molecule has 6 heterocycles. The second-order valence-corrected chi connectivity index (χ2v) is 9.71. The van der Waals surface area contributed by atoms with E-state index >= 15 is 0 Å². The Morgan fingerprint density at radius 1 is 1.11 bits per heavy atom. The van der Waals surface area contributed by atoms with Crippen molar-refractivity contribution in [3.05, 3.63) is 53.6 Å². The SMILES string of the molecule is CNC(=O)c1ccc(-c2cnn3c(N)c(C(C)=O)c([C@H]4C[C@H]5CC[C@@H](C4)N5C(=O)c4nc[nH]n4)nc23)cn1. The van der Waals surface area contributed by atoms with Gasteiger partial charge in [-0.2, -0.15) is 9.61 Å². The molecule has 0 unspecified atom stereocenters. The molecule has 0 saturated carbocycles. The Hall–Kier alpha value is -4.68. The highest BCUT2D eigenvalue weighted by Crippen LogP contribution is 2.45. The minimum atomic E-state index is -0.283. The number of Topliss-reactive ketones (excluding diaryl/α,β-unsaturated/α-hetero) is 1. The maximum atomic E-state index is 13.1. The molecule has 2 aliphatic heterocycles. The summed E-state index contributed by atoms with van der Waals surface area (Å²) in [6.45, 7) is 1.48. The van der Waals surface area contributed by atoms with Crippen molar-refractivity contribution in [2.24, 2.45) is 0 Å². The summed E-state index contributed by atoms with van der Waals surface area (Å²) < 4.78 is 1.47.